The monoisotopic (exact) mass is 362 g/mol. The van der Waals surface area contributed by atoms with Crippen molar-refractivity contribution in [2.75, 3.05) is 11.6 Å². The zero-order valence-electron chi connectivity index (χ0n) is 15.0. The van der Waals surface area contributed by atoms with Crippen molar-refractivity contribution in [3.05, 3.63) is 76.2 Å². The maximum absolute atomic E-state index is 13.0. The number of hydrogen-bond acceptors (Lipinski definition) is 4. The predicted octanol–water partition coefficient (Wildman–Crippen LogP) is 1.90. The van der Waals surface area contributed by atoms with Crippen LogP contribution >= 0.6 is 0 Å². The fraction of sp³-hybridized carbons (Fsp3) is 0.150. The second kappa shape index (κ2) is 6.37. The molecule has 0 atom stereocenters. The second-order valence-electron chi connectivity index (χ2n) is 6.26. The normalized spacial score (nSPS) is 14.9. The third-order valence-corrected chi connectivity index (χ3v) is 4.79. The molecule has 1 aliphatic rings. The van der Waals surface area contributed by atoms with Crippen LogP contribution in [-0.4, -0.2) is 32.8 Å². The number of rotatable bonds is 3. The van der Waals surface area contributed by atoms with E-state index in [0.717, 1.165) is 5.69 Å². The van der Waals surface area contributed by atoms with Crippen molar-refractivity contribution in [3.8, 4) is 5.69 Å². The summed E-state index contributed by atoms with van der Waals surface area (Å²) in [5.41, 5.74) is 2.61. The van der Waals surface area contributed by atoms with E-state index in [1.54, 1.807) is 42.9 Å². The minimum Gasteiger partial charge on any atom is -0.376 e. The van der Waals surface area contributed by atoms with Crippen LogP contribution in [0, 0.1) is 6.92 Å². The third kappa shape index (κ3) is 2.51. The van der Waals surface area contributed by atoms with E-state index in [2.05, 4.69) is 4.99 Å². The van der Waals surface area contributed by atoms with E-state index in [4.69, 9.17) is 0 Å². The maximum atomic E-state index is 13.0. The SMILES string of the molecule is Cc1c(N=C2C(=O)N(CO)c3ccccc32)c(=O)n(-c2ccccc2)n1C. The number of carbonyl (C=O) groups is 1. The number of aliphatic hydroxyl groups is 1. The van der Waals surface area contributed by atoms with Crippen LogP contribution in [0.25, 0.3) is 5.69 Å². The smallest absolute Gasteiger partial charge is 0.297 e. The number of fused-ring (bicyclic) bond motifs is 1. The standard InChI is InChI=1S/C20H18N4O3/c1-13-17(20(27)24(22(13)2)14-8-4-3-5-9-14)21-18-15-10-6-7-11-16(15)23(12-25)19(18)26/h3-11,25H,12H2,1-2H3. The van der Waals surface area contributed by atoms with E-state index in [1.165, 1.54) is 9.58 Å². The number of carbonyl (C=O) groups excluding carboxylic acids is 1. The van der Waals surface area contributed by atoms with Crippen LogP contribution in [0.4, 0.5) is 11.4 Å². The van der Waals surface area contributed by atoms with Crippen molar-refractivity contribution in [2.24, 2.45) is 12.0 Å². The van der Waals surface area contributed by atoms with Crippen LogP contribution in [0.15, 0.2) is 64.4 Å². The number of anilines is 1. The summed E-state index contributed by atoms with van der Waals surface area (Å²) < 4.78 is 3.23. The molecule has 4 rings (SSSR count). The second-order valence-corrected chi connectivity index (χ2v) is 6.26. The Morgan fingerprint density at radius 2 is 1.67 bits per heavy atom. The molecule has 1 amide bonds. The number of hydrogen-bond donors (Lipinski definition) is 1. The van der Waals surface area contributed by atoms with Crippen LogP contribution in [0.5, 0.6) is 0 Å². The van der Waals surface area contributed by atoms with E-state index < -0.39 is 12.6 Å². The Bertz CT molecular complexity index is 1130. The van der Waals surface area contributed by atoms with Crippen LogP contribution < -0.4 is 10.5 Å². The first kappa shape index (κ1) is 17.0. The molecule has 0 aliphatic carbocycles. The molecule has 0 bridgehead atoms. The van der Waals surface area contributed by atoms with Crippen LogP contribution in [0.1, 0.15) is 11.3 Å². The van der Waals surface area contributed by atoms with Gasteiger partial charge >= 0.3 is 0 Å². The molecule has 1 N–H and O–H groups in total. The van der Waals surface area contributed by atoms with E-state index in [-0.39, 0.29) is 17.0 Å². The molecule has 0 radical (unpaired) electrons. The van der Waals surface area contributed by atoms with E-state index in [1.807, 2.05) is 30.3 Å². The highest BCUT2D eigenvalue weighted by molar-refractivity contribution is 6.54. The van der Waals surface area contributed by atoms with Gasteiger partial charge in [-0.15, -0.1) is 0 Å². The minimum absolute atomic E-state index is 0.158. The van der Waals surface area contributed by atoms with Gasteiger partial charge in [-0.2, -0.15) is 0 Å². The fourth-order valence-corrected chi connectivity index (χ4v) is 3.30. The van der Waals surface area contributed by atoms with Crippen molar-refractivity contribution < 1.29 is 9.90 Å². The Morgan fingerprint density at radius 1 is 1.00 bits per heavy atom. The van der Waals surface area contributed by atoms with Gasteiger partial charge in [-0.3, -0.25) is 19.2 Å². The van der Waals surface area contributed by atoms with Crippen LogP contribution in [0.2, 0.25) is 0 Å². The molecule has 2 aromatic carbocycles. The molecule has 0 unspecified atom stereocenters. The number of para-hydroxylation sites is 2. The third-order valence-electron chi connectivity index (χ3n) is 4.79. The van der Waals surface area contributed by atoms with E-state index in [9.17, 15) is 14.7 Å². The van der Waals surface area contributed by atoms with Crippen molar-refractivity contribution in [1.82, 2.24) is 9.36 Å². The van der Waals surface area contributed by atoms with Crippen molar-refractivity contribution in [1.29, 1.82) is 0 Å². The molecule has 0 saturated heterocycles. The maximum Gasteiger partial charge on any atom is 0.297 e. The van der Waals surface area contributed by atoms with Gasteiger partial charge < -0.3 is 5.11 Å². The number of aromatic nitrogens is 2. The van der Waals surface area contributed by atoms with Gasteiger partial charge in [0.25, 0.3) is 11.5 Å². The van der Waals surface area contributed by atoms with E-state index >= 15 is 0 Å². The first-order valence-electron chi connectivity index (χ1n) is 8.49. The largest absolute Gasteiger partial charge is 0.376 e. The first-order chi connectivity index (χ1) is 13.0. The number of aliphatic hydroxyl groups excluding tert-OH is 1. The summed E-state index contributed by atoms with van der Waals surface area (Å²) >= 11 is 0. The van der Waals surface area contributed by atoms with Gasteiger partial charge in [-0.1, -0.05) is 36.4 Å². The molecule has 2 heterocycles. The van der Waals surface area contributed by atoms with Gasteiger partial charge in [0.15, 0.2) is 5.69 Å². The molecular formula is C20H18N4O3. The molecular weight excluding hydrogens is 344 g/mol. The van der Waals surface area contributed by atoms with Crippen molar-refractivity contribution in [2.45, 2.75) is 6.92 Å². The predicted molar refractivity (Wildman–Crippen MR) is 103 cm³/mol. The highest BCUT2D eigenvalue weighted by Crippen LogP contribution is 2.30. The molecule has 0 spiro atoms. The summed E-state index contributed by atoms with van der Waals surface area (Å²) in [4.78, 5) is 31.4. The lowest BCUT2D eigenvalue weighted by Gasteiger charge is -2.11. The lowest BCUT2D eigenvalue weighted by atomic mass is 10.1. The number of nitrogens with zero attached hydrogens (tertiary/aromatic N) is 4. The number of benzene rings is 2. The average molecular weight is 362 g/mol. The zero-order chi connectivity index (χ0) is 19.1. The van der Waals surface area contributed by atoms with Crippen LogP contribution in [-0.2, 0) is 11.8 Å². The molecule has 27 heavy (non-hydrogen) atoms. The van der Waals surface area contributed by atoms with Gasteiger partial charge in [0, 0.05) is 12.6 Å². The highest BCUT2D eigenvalue weighted by Gasteiger charge is 2.34. The molecule has 7 nitrogen and oxygen atoms in total. The molecule has 3 aromatic rings. The summed E-state index contributed by atoms with van der Waals surface area (Å²) in [6.45, 7) is 1.34. The Labute approximate surface area is 155 Å². The topological polar surface area (TPSA) is 79.8 Å². The molecule has 7 heteroatoms. The fourth-order valence-electron chi connectivity index (χ4n) is 3.30. The summed E-state index contributed by atoms with van der Waals surface area (Å²) in [6.07, 6.45) is 0. The summed E-state index contributed by atoms with van der Waals surface area (Å²) in [7, 11) is 1.78. The van der Waals surface area contributed by atoms with Crippen molar-refractivity contribution >= 4 is 23.0 Å². The zero-order valence-corrected chi connectivity index (χ0v) is 15.0. The van der Waals surface area contributed by atoms with Gasteiger partial charge in [0.1, 0.15) is 12.4 Å². The highest BCUT2D eigenvalue weighted by atomic mass is 16.3. The van der Waals surface area contributed by atoms with E-state index in [0.29, 0.717) is 16.9 Å². The Balaban J connectivity index is 1.92. The van der Waals surface area contributed by atoms with Gasteiger partial charge in [0.2, 0.25) is 0 Å². The first-order valence-corrected chi connectivity index (χ1v) is 8.49. The molecule has 1 aromatic heterocycles. The lowest BCUT2D eigenvalue weighted by molar-refractivity contribution is -0.112. The molecule has 136 valence electrons. The average Bonchev–Trinajstić information content (AvgIpc) is 3.08. The van der Waals surface area contributed by atoms with Crippen LogP contribution in [0.3, 0.4) is 0 Å². The van der Waals surface area contributed by atoms with Crippen molar-refractivity contribution in [3.63, 3.8) is 0 Å². The Hall–Kier alpha value is -3.45. The van der Waals surface area contributed by atoms with Gasteiger partial charge in [-0.25, -0.2) is 9.67 Å². The quantitative estimate of drug-likeness (QED) is 0.773. The lowest BCUT2D eigenvalue weighted by Crippen LogP contribution is -2.30. The Morgan fingerprint density at radius 3 is 2.37 bits per heavy atom. The van der Waals surface area contributed by atoms with Gasteiger partial charge in [-0.05, 0) is 25.1 Å². The number of amides is 1. The minimum atomic E-state index is -0.448. The molecule has 0 saturated carbocycles. The number of aliphatic imine (C=N–C) groups is 1. The molecule has 1 aliphatic heterocycles. The molecule has 0 fully saturated rings. The summed E-state index contributed by atoms with van der Waals surface area (Å²) in [6, 6.07) is 16.3. The summed E-state index contributed by atoms with van der Waals surface area (Å²) in [5, 5.41) is 9.55. The van der Waals surface area contributed by atoms with Gasteiger partial charge in [0.05, 0.1) is 17.1 Å². The Kier molecular flexibility index (Phi) is 4.01. The summed E-state index contributed by atoms with van der Waals surface area (Å²) in [5.74, 6) is -0.424.